The van der Waals surface area contributed by atoms with Crippen LogP contribution < -0.4 is 33.6 Å². The number of carbonyl (C=O) groups is 2. The molecule has 0 unspecified atom stereocenters. The van der Waals surface area contributed by atoms with Crippen LogP contribution in [0.5, 0.6) is 0 Å². The summed E-state index contributed by atoms with van der Waals surface area (Å²) >= 11 is 2.98. The number of amides is 2. The van der Waals surface area contributed by atoms with Crippen LogP contribution in [0.2, 0.25) is 0 Å². The molecule has 0 aliphatic rings. The van der Waals surface area contributed by atoms with Crippen molar-refractivity contribution in [2.45, 2.75) is 90.9 Å². The van der Waals surface area contributed by atoms with Crippen molar-refractivity contribution in [1.82, 2.24) is 20.6 Å². The number of thiazole rings is 2. The predicted octanol–water partition coefficient (Wildman–Crippen LogP) is 2.93. The van der Waals surface area contributed by atoms with E-state index in [1.54, 1.807) is 0 Å². The highest BCUT2D eigenvalue weighted by atomic mass is 32.1. The van der Waals surface area contributed by atoms with E-state index in [1.807, 2.05) is 13.8 Å². The molecule has 222 valence electrons. The standard InChI is InChI=1S/C26H44N10O2S2/c1-17-20(40-25(29)33-17)12-10-16-32-24(28)36-22(38)14-8-6-4-3-5-7-13-21(37)35-23(27)31-15-9-11-19-18(2)39-26(30)34-19/h3-16H2,1-2H3,(H2,29,33)(H2,30,34)(H3,27,31,35,37)(H3,28,32,36,38). The number of anilines is 2. The van der Waals surface area contributed by atoms with E-state index in [-0.39, 0.29) is 23.7 Å². The maximum absolute atomic E-state index is 12.1. The lowest BCUT2D eigenvalue weighted by Crippen LogP contribution is -2.36. The number of guanidine groups is 2. The van der Waals surface area contributed by atoms with E-state index in [4.69, 9.17) is 22.9 Å². The van der Waals surface area contributed by atoms with Gasteiger partial charge in [-0.3, -0.25) is 30.2 Å². The molecule has 2 amide bonds. The number of hydrogen-bond acceptors (Lipinski definition) is 10. The van der Waals surface area contributed by atoms with E-state index in [0.29, 0.717) is 36.2 Å². The van der Waals surface area contributed by atoms with Crippen molar-refractivity contribution in [3.05, 3.63) is 21.1 Å². The van der Waals surface area contributed by atoms with E-state index in [0.717, 1.165) is 85.4 Å². The number of nitrogens with zero attached hydrogens (tertiary/aromatic N) is 4. The number of aromatic nitrogens is 2. The molecule has 2 aromatic heterocycles. The number of aryl methyl sites for hydroxylation is 4. The normalized spacial score (nSPS) is 12.1. The van der Waals surface area contributed by atoms with E-state index in [2.05, 4.69) is 30.6 Å². The monoisotopic (exact) mass is 592 g/mol. The molecular formula is C26H44N10O2S2. The van der Waals surface area contributed by atoms with Gasteiger partial charge in [-0.25, -0.2) is 9.97 Å². The van der Waals surface area contributed by atoms with Gasteiger partial charge < -0.3 is 22.9 Å². The summed E-state index contributed by atoms with van der Waals surface area (Å²) < 4.78 is 0. The molecule has 10 N–H and O–H groups in total. The van der Waals surface area contributed by atoms with Crippen LogP contribution in [0.25, 0.3) is 0 Å². The Morgan fingerprint density at radius 3 is 1.70 bits per heavy atom. The van der Waals surface area contributed by atoms with Crippen LogP contribution >= 0.6 is 22.7 Å². The molecule has 0 saturated carbocycles. The van der Waals surface area contributed by atoms with Gasteiger partial charge in [-0.05, 0) is 52.4 Å². The van der Waals surface area contributed by atoms with Gasteiger partial charge in [0.15, 0.2) is 22.2 Å². The van der Waals surface area contributed by atoms with Crippen molar-refractivity contribution in [2.75, 3.05) is 24.6 Å². The third-order valence-electron chi connectivity index (χ3n) is 6.11. The zero-order valence-corrected chi connectivity index (χ0v) is 25.3. The molecule has 0 saturated heterocycles. The highest BCUT2D eigenvalue weighted by molar-refractivity contribution is 7.15. The predicted molar refractivity (Wildman–Crippen MR) is 165 cm³/mol. The van der Waals surface area contributed by atoms with Crippen LogP contribution in [-0.4, -0.2) is 46.8 Å². The first-order valence-corrected chi connectivity index (χ1v) is 15.4. The minimum Gasteiger partial charge on any atom is -0.375 e. The fraction of sp³-hybridized carbons (Fsp3) is 0.615. The van der Waals surface area contributed by atoms with Gasteiger partial charge in [-0.15, -0.1) is 22.7 Å². The Morgan fingerprint density at radius 2 is 1.23 bits per heavy atom. The second-order valence-corrected chi connectivity index (χ2v) is 11.9. The van der Waals surface area contributed by atoms with Crippen LogP contribution in [0.3, 0.4) is 0 Å². The Bertz CT molecular complexity index is 1050. The van der Waals surface area contributed by atoms with Gasteiger partial charge in [0, 0.05) is 35.7 Å². The van der Waals surface area contributed by atoms with Crippen LogP contribution in [0.15, 0.2) is 9.98 Å². The molecule has 40 heavy (non-hydrogen) atoms. The first kappa shape index (κ1) is 32.9. The van der Waals surface area contributed by atoms with E-state index >= 15 is 0 Å². The molecule has 14 heteroatoms. The highest BCUT2D eigenvalue weighted by Gasteiger charge is 2.07. The van der Waals surface area contributed by atoms with E-state index < -0.39 is 0 Å². The first-order chi connectivity index (χ1) is 19.1. The summed E-state index contributed by atoms with van der Waals surface area (Å²) in [7, 11) is 0. The minimum absolute atomic E-state index is 0.119. The van der Waals surface area contributed by atoms with Gasteiger partial charge in [0.25, 0.3) is 0 Å². The molecule has 2 rings (SSSR count). The Hall–Kier alpha value is -3.26. The number of carbonyl (C=O) groups excluding carboxylic acids is 2. The average molecular weight is 593 g/mol. The molecular weight excluding hydrogens is 548 g/mol. The van der Waals surface area contributed by atoms with Crippen LogP contribution in [-0.2, 0) is 22.4 Å². The largest absolute Gasteiger partial charge is 0.375 e. The van der Waals surface area contributed by atoms with Crippen molar-refractivity contribution in [3.8, 4) is 0 Å². The average Bonchev–Trinajstić information content (AvgIpc) is 3.38. The minimum atomic E-state index is -0.122. The summed E-state index contributed by atoms with van der Waals surface area (Å²) in [6, 6.07) is 0. The number of nitrogen functional groups attached to an aromatic ring is 2. The molecule has 2 aromatic rings. The van der Waals surface area contributed by atoms with Crippen molar-refractivity contribution in [1.29, 1.82) is 0 Å². The molecule has 12 nitrogen and oxygen atoms in total. The summed E-state index contributed by atoms with van der Waals surface area (Å²) in [4.78, 5) is 43.3. The van der Waals surface area contributed by atoms with Crippen molar-refractivity contribution in [3.63, 3.8) is 0 Å². The Labute approximate surface area is 244 Å². The Balaban J connectivity index is 1.43. The highest BCUT2D eigenvalue weighted by Crippen LogP contribution is 2.21. The fourth-order valence-electron chi connectivity index (χ4n) is 4.02. The fourth-order valence-corrected chi connectivity index (χ4v) is 5.63. The SMILES string of the molecule is Cc1nc(N)sc1CCCN=C(N)NC(=O)CCCCCCCCC(=O)NC(N)=NCCCc1nc(N)sc1C. The van der Waals surface area contributed by atoms with Crippen molar-refractivity contribution in [2.24, 2.45) is 21.5 Å². The van der Waals surface area contributed by atoms with Gasteiger partial charge in [-0.2, -0.15) is 0 Å². The lowest BCUT2D eigenvalue weighted by atomic mass is 10.1. The van der Waals surface area contributed by atoms with Crippen LogP contribution in [0.4, 0.5) is 10.3 Å². The summed E-state index contributed by atoms with van der Waals surface area (Å²) in [6.45, 7) is 5.00. The van der Waals surface area contributed by atoms with Gasteiger partial charge in [0.05, 0.1) is 11.4 Å². The topological polar surface area (TPSA) is 213 Å². The van der Waals surface area contributed by atoms with Crippen molar-refractivity contribution >= 4 is 56.7 Å². The summed E-state index contributed by atoms with van der Waals surface area (Å²) in [5.74, 6) is 0.0701. The lowest BCUT2D eigenvalue weighted by molar-refractivity contribution is -0.120. The molecule has 2 heterocycles. The lowest BCUT2D eigenvalue weighted by Gasteiger charge is -2.06. The van der Waals surface area contributed by atoms with Crippen LogP contribution in [0.1, 0.15) is 85.4 Å². The maximum Gasteiger partial charge on any atom is 0.226 e. The molecule has 0 bridgehead atoms. The quantitative estimate of drug-likeness (QED) is 0.0910. The molecule has 0 atom stereocenters. The summed E-state index contributed by atoms with van der Waals surface area (Å²) in [6.07, 6.45) is 9.51. The molecule has 0 fully saturated rings. The van der Waals surface area contributed by atoms with E-state index in [9.17, 15) is 9.59 Å². The molecule has 0 aliphatic carbocycles. The molecule has 0 aliphatic heterocycles. The van der Waals surface area contributed by atoms with Crippen LogP contribution in [0, 0.1) is 13.8 Å². The zero-order valence-electron chi connectivity index (χ0n) is 23.6. The number of nitrogens with two attached hydrogens (primary N) is 4. The van der Waals surface area contributed by atoms with Gasteiger partial charge >= 0.3 is 0 Å². The molecule has 0 radical (unpaired) electrons. The summed E-state index contributed by atoms with van der Waals surface area (Å²) in [5.41, 5.74) is 25.0. The number of aliphatic imine (C=N–C) groups is 2. The Morgan fingerprint density at radius 1 is 0.725 bits per heavy atom. The number of hydrogen-bond donors (Lipinski definition) is 6. The van der Waals surface area contributed by atoms with Gasteiger partial charge in [0.1, 0.15) is 0 Å². The zero-order chi connectivity index (χ0) is 29.3. The first-order valence-electron chi connectivity index (χ1n) is 13.8. The second kappa shape index (κ2) is 18.2. The Kier molecular flexibility index (Phi) is 15.0. The van der Waals surface area contributed by atoms with Crippen molar-refractivity contribution < 1.29 is 9.59 Å². The second-order valence-electron chi connectivity index (χ2n) is 9.57. The molecule has 0 aromatic carbocycles. The van der Waals surface area contributed by atoms with Gasteiger partial charge in [-0.1, -0.05) is 25.7 Å². The van der Waals surface area contributed by atoms with Gasteiger partial charge in [0.2, 0.25) is 11.8 Å². The third kappa shape index (κ3) is 13.7. The molecule has 0 spiro atoms. The maximum atomic E-state index is 12.1. The number of rotatable bonds is 17. The summed E-state index contributed by atoms with van der Waals surface area (Å²) in [5, 5.41) is 6.45. The third-order valence-corrected chi connectivity index (χ3v) is 8.00. The smallest absolute Gasteiger partial charge is 0.226 e. The number of nitrogens with one attached hydrogen (secondary N) is 2. The van der Waals surface area contributed by atoms with E-state index in [1.165, 1.54) is 22.7 Å². The number of unbranched alkanes of at least 4 members (excludes halogenated alkanes) is 5.